The molecule has 1 aliphatic heterocycles. The Hall–Kier alpha value is -4.01. The molecular weight excluding hydrogens is 612 g/mol. The molecule has 2 aromatic heterocycles. The number of imidazole rings is 1. The molecule has 2 N–H and O–H groups in total. The highest BCUT2D eigenvalue weighted by Gasteiger charge is 2.31. The quantitative estimate of drug-likeness (QED) is 0.372. The van der Waals surface area contributed by atoms with Gasteiger partial charge in [0.1, 0.15) is 5.75 Å². The van der Waals surface area contributed by atoms with Gasteiger partial charge in [-0.2, -0.15) is 8.42 Å². The van der Waals surface area contributed by atoms with Gasteiger partial charge in [-0.3, -0.25) is 19.3 Å². The fraction of sp³-hybridized carbons (Fsp3) is 0.500. The molecule has 3 aromatic rings. The second-order valence-corrected chi connectivity index (χ2v) is 13.5. The Balaban J connectivity index is 1.66. The lowest BCUT2D eigenvalue weighted by Gasteiger charge is -2.36. The molecule has 250 valence electrons. The zero-order valence-corrected chi connectivity index (χ0v) is 27.8. The fourth-order valence-electron chi connectivity index (χ4n) is 5.25. The summed E-state index contributed by atoms with van der Waals surface area (Å²) in [6.07, 6.45) is 7.53. The van der Waals surface area contributed by atoms with Crippen molar-refractivity contribution in [1.82, 2.24) is 24.3 Å². The number of hydrogen-bond donors (Lipinski definition) is 2. The lowest BCUT2D eigenvalue weighted by atomic mass is 10.0. The highest BCUT2D eigenvalue weighted by atomic mass is 32.2. The average molecular weight is 657 g/mol. The fourth-order valence-corrected chi connectivity index (χ4v) is 6.28. The molecule has 1 aliphatic rings. The second kappa shape index (κ2) is 15.5. The molecule has 4 rings (SSSR count). The first kappa shape index (κ1) is 34.9. The van der Waals surface area contributed by atoms with Crippen LogP contribution in [0.25, 0.3) is 0 Å². The van der Waals surface area contributed by atoms with E-state index >= 15 is 0 Å². The van der Waals surface area contributed by atoms with Crippen LogP contribution in [0.1, 0.15) is 60.7 Å². The molecule has 3 heterocycles. The molecule has 13 nitrogen and oxygen atoms in total. The summed E-state index contributed by atoms with van der Waals surface area (Å²) < 4.78 is 42.7. The number of likely N-dealkylation sites (N-methyl/N-ethyl adjacent to an activating group) is 1. The van der Waals surface area contributed by atoms with Crippen LogP contribution in [-0.2, 0) is 21.8 Å². The number of nitrogens with one attached hydrogen (secondary N) is 1. The van der Waals surface area contributed by atoms with Gasteiger partial charge in [0.2, 0.25) is 0 Å². The molecule has 0 fully saturated rings. The number of fused-ring (bicyclic) bond motifs is 1. The van der Waals surface area contributed by atoms with Gasteiger partial charge in [0.25, 0.3) is 21.8 Å². The molecule has 1 aromatic carbocycles. The van der Waals surface area contributed by atoms with E-state index in [1.807, 2.05) is 13.8 Å². The third-order valence-corrected chi connectivity index (χ3v) is 9.25. The van der Waals surface area contributed by atoms with Crippen LogP contribution in [0.15, 0.2) is 60.3 Å². The number of benzene rings is 1. The number of aliphatic hydroxyl groups is 1. The summed E-state index contributed by atoms with van der Waals surface area (Å²) in [7, 11) is -0.645. The minimum atomic E-state index is -4.03. The van der Waals surface area contributed by atoms with E-state index in [2.05, 4.69) is 14.7 Å². The van der Waals surface area contributed by atoms with Gasteiger partial charge < -0.3 is 28.9 Å². The highest BCUT2D eigenvalue weighted by molar-refractivity contribution is 7.92. The topological polar surface area (TPSA) is 156 Å². The summed E-state index contributed by atoms with van der Waals surface area (Å²) in [4.78, 5) is 38.5. The van der Waals surface area contributed by atoms with Crippen LogP contribution in [0.4, 0.5) is 5.69 Å². The van der Waals surface area contributed by atoms with Crippen molar-refractivity contribution < 1.29 is 32.6 Å². The maximum Gasteiger partial charge on any atom is 0.280 e. The Morgan fingerprint density at radius 3 is 2.61 bits per heavy atom. The van der Waals surface area contributed by atoms with E-state index in [1.165, 1.54) is 23.2 Å². The Morgan fingerprint density at radius 1 is 1.20 bits per heavy atom. The molecule has 0 aliphatic carbocycles. The molecule has 0 spiro atoms. The maximum atomic E-state index is 14.3. The number of amides is 2. The maximum absolute atomic E-state index is 14.3. The van der Waals surface area contributed by atoms with E-state index in [0.29, 0.717) is 24.3 Å². The van der Waals surface area contributed by atoms with Gasteiger partial charge in [-0.25, -0.2) is 4.98 Å². The SMILES string of the molecule is C[C@H](CO)N1C[C@H](C)[C@H](CN(C)C(=O)c2ccncc2)OCCCC[C@H](C)Oc2ccc(NS(=O)(=O)c3cn(C)cn3)cc2C1=O. The van der Waals surface area contributed by atoms with E-state index in [1.54, 1.807) is 67.5 Å². The van der Waals surface area contributed by atoms with Crippen LogP contribution < -0.4 is 9.46 Å². The summed E-state index contributed by atoms with van der Waals surface area (Å²) in [6.45, 7) is 6.25. The Labute approximate surface area is 270 Å². The van der Waals surface area contributed by atoms with Gasteiger partial charge in [-0.1, -0.05) is 6.92 Å². The zero-order chi connectivity index (χ0) is 33.4. The van der Waals surface area contributed by atoms with E-state index in [-0.39, 0.29) is 53.9 Å². The normalized spacial score (nSPS) is 20.6. The van der Waals surface area contributed by atoms with Crippen LogP contribution in [0.2, 0.25) is 0 Å². The summed E-state index contributed by atoms with van der Waals surface area (Å²) >= 11 is 0. The van der Waals surface area contributed by atoms with Crippen molar-refractivity contribution in [3.05, 3.63) is 66.4 Å². The Kier molecular flexibility index (Phi) is 11.8. The molecule has 14 heteroatoms. The summed E-state index contributed by atoms with van der Waals surface area (Å²) in [6, 6.07) is 7.32. The minimum Gasteiger partial charge on any atom is -0.490 e. The Bertz CT molecular complexity index is 1580. The number of pyridine rings is 1. The van der Waals surface area contributed by atoms with Gasteiger partial charge >= 0.3 is 0 Å². The number of aliphatic hydroxyl groups excluding tert-OH is 1. The minimum absolute atomic E-state index is 0.153. The number of ether oxygens (including phenoxy) is 2. The van der Waals surface area contributed by atoms with Crippen molar-refractivity contribution in [2.75, 3.05) is 38.1 Å². The van der Waals surface area contributed by atoms with Crippen LogP contribution in [0.3, 0.4) is 0 Å². The first-order valence-corrected chi connectivity index (χ1v) is 16.9. The molecule has 0 saturated heterocycles. The standard InChI is InChI=1S/C32H44N6O7S/c1-22-17-38(23(2)20-39)32(41)27-16-26(35-46(42,43)30-19-36(4)21-34-30)9-10-28(27)45-24(3)8-6-7-15-44-29(22)18-37(5)31(40)25-11-13-33-14-12-25/h9-14,16,19,21-24,29,35,39H,6-8,15,17-18,20H2,1-5H3/t22-,23+,24-,29-/m0/s1. The van der Waals surface area contributed by atoms with Crippen LogP contribution in [-0.4, -0.2) is 101 Å². The van der Waals surface area contributed by atoms with E-state index in [9.17, 15) is 23.1 Å². The Morgan fingerprint density at radius 2 is 1.93 bits per heavy atom. The summed E-state index contributed by atoms with van der Waals surface area (Å²) in [5.41, 5.74) is 0.828. The largest absolute Gasteiger partial charge is 0.490 e. The molecule has 46 heavy (non-hydrogen) atoms. The van der Waals surface area contributed by atoms with Gasteiger partial charge in [-0.05, 0) is 63.4 Å². The van der Waals surface area contributed by atoms with Crippen molar-refractivity contribution in [1.29, 1.82) is 0 Å². The van der Waals surface area contributed by atoms with Gasteiger partial charge in [-0.15, -0.1) is 0 Å². The summed E-state index contributed by atoms with van der Waals surface area (Å²) in [5.74, 6) is -0.544. The first-order chi connectivity index (χ1) is 21.9. The molecule has 2 amide bonds. The zero-order valence-electron chi connectivity index (χ0n) is 27.0. The van der Waals surface area contributed by atoms with Crippen LogP contribution in [0.5, 0.6) is 5.75 Å². The molecule has 0 saturated carbocycles. The molecular formula is C32H44N6O7S. The van der Waals surface area contributed by atoms with Crippen molar-refractivity contribution in [3.63, 3.8) is 0 Å². The van der Waals surface area contributed by atoms with Gasteiger partial charge in [0, 0.05) is 69.6 Å². The number of carbonyl (C=O) groups is 2. The smallest absolute Gasteiger partial charge is 0.280 e. The third kappa shape index (κ3) is 8.83. The second-order valence-electron chi connectivity index (χ2n) is 11.9. The first-order valence-electron chi connectivity index (χ1n) is 15.4. The van der Waals surface area contributed by atoms with Crippen molar-refractivity contribution in [3.8, 4) is 5.75 Å². The molecule has 4 atom stereocenters. The monoisotopic (exact) mass is 656 g/mol. The predicted molar refractivity (Wildman–Crippen MR) is 172 cm³/mol. The summed E-state index contributed by atoms with van der Waals surface area (Å²) in [5, 5.41) is 10.0. The van der Waals surface area contributed by atoms with Crippen molar-refractivity contribution >= 4 is 27.5 Å². The lowest BCUT2D eigenvalue weighted by Crippen LogP contribution is -2.48. The number of anilines is 1. The number of hydrogen-bond acceptors (Lipinski definition) is 9. The lowest BCUT2D eigenvalue weighted by molar-refractivity contribution is -0.0149. The van der Waals surface area contributed by atoms with Crippen molar-refractivity contribution in [2.45, 2.75) is 63.3 Å². The van der Waals surface area contributed by atoms with Gasteiger partial charge in [0.15, 0.2) is 5.03 Å². The number of carbonyl (C=O) groups excluding carboxylic acids is 2. The average Bonchev–Trinajstić information content (AvgIpc) is 3.49. The highest BCUT2D eigenvalue weighted by Crippen LogP contribution is 2.29. The number of aromatic nitrogens is 3. The van der Waals surface area contributed by atoms with Gasteiger partial charge in [0.05, 0.1) is 36.7 Å². The van der Waals surface area contributed by atoms with Crippen LogP contribution >= 0.6 is 0 Å². The van der Waals surface area contributed by atoms with Crippen LogP contribution in [0, 0.1) is 5.92 Å². The molecule has 0 bridgehead atoms. The van der Waals surface area contributed by atoms with Crippen molar-refractivity contribution in [2.24, 2.45) is 13.0 Å². The molecule has 0 unspecified atom stereocenters. The van der Waals surface area contributed by atoms with E-state index in [4.69, 9.17) is 9.47 Å². The number of rotatable bonds is 8. The molecule has 0 radical (unpaired) electrons. The van der Waals surface area contributed by atoms with E-state index < -0.39 is 28.1 Å². The van der Waals surface area contributed by atoms with E-state index in [0.717, 1.165) is 12.8 Å². The number of nitrogens with zero attached hydrogens (tertiary/aromatic N) is 5. The predicted octanol–water partition coefficient (Wildman–Crippen LogP) is 3.18. The number of sulfonamides is 1. The third-order valence-electron chi connectivity index (χ3n) is 7.99. The number of aryl methyl sites for hydroxylation is 1.